The number of hydrogen-bond donors (Lipinski definition) is 1. The van der Waals surface area contributed by atoms with E-state index in [2.05, 4.69) is 4.98 Å². The molecule has 0 spiro atoms. The second kappa shape index (κ2) is 10.4. The molecule has 1 amide bonds. The zero-order chi connectivity index (χ0) is 22.2. The van der Waals surface area contributed by atoms with Gasteiger partial charge in [-0.3, -0.25) is 4.79 Å². The average molecular weight is 421 g/mol. The first kappa shape index (κ1) is 22.1. The number of aliphatic hydroxyl groups is 1. The van der Waals surface area contributed by atoms with Gasteiger partial charge in [0, 0.05) is 25.9 Å². The molecule has 0 aliphatic rings. The maximum atomic E-state index is 12.6. The van der Waals surface area contributed by atoms with Gasteiger partial charge in [0.05, 0.1) is 31.4 Å². The lowest BCUT2D eigenvalue weighted by Gasteiger charge is -2.16. The molecule has 7 nitrogen and oxygen atoms in total. The summed E-state index contributed by atoms with van der Waals surface area (Å²) in [5, 5.41) is 8.88. The van der Waals surface area contributed by atoms with Crippen LogP contribution in [0.5, 0.6) is 11.5 Å². The number of aromatic nitrogens is 2. The van der Waals surface area contributed by atoms with Gasteiger partial charge in [-0.1, -0.05) is 18.2 Å². The van der Waals surface area contributed by atoms with Gasteiger partial charge in [-0.15, -0.1) is 0 Å². The number of amides is 1. The number of imidazole rings is 1. The Hall–Kier alpha value is -3.58. The van der Waals surface area contributed by atoms with Crippen LogP contribution in [0, 0.1) is 6.92 Å². The van der Waals surface area contributed by atoms with Gasteiger partial charge in [0.25, 0.3) is 0 Å². The Labute approximate surface area is 182 Å². The van der Waals surface area contributed by atoms with E-state index in [0.717, 1.165) is 22.5 Å². The van der Waals surface area contributed by atoms with Crippen molar-refractivity contribution in [3.63, 3.8) is 0 Å². The first-order chi connectivity index (χ1) is 15.0. The average Bonchev–Trinajstić information content (AvgIpc) is 3.22. The van der Waals surface area contributed by atoms with E-state index in [1.807, 2.05) is 60.2 Å². The van der Waals surface area contributed by atoms with Gasteiger partial charge in [0.1, 0.15) is 18.1 Å². The summed E-state index contributed by atoms with van der Waals surface area (Å²) < 4.78 is 12.8. The quantitative estimate of drug-likeness (QED) is 0.537. The summed E-state index contributed by atoms with van der Waals surface area (Å²) in [6.07, 6.45) is 6.98. The Morgan fingerprint density at radius 1 is 1.26 bits per heavy atom. The minimum atomic E-state index is -0.116. The monoisotopic (exact) mass is 421 g/mol. The minimum Gasteiger partial charge on any atom is -0.495 e. The molecular formula is C24H27N3O4. The van der Waals surface area contributed by atoms with Crippen molar-refractivity contribution in [1.82, 2.24) is 14.5 Å². The van der Waals surface area contributed by atoms with E-state index in [0.29, 0.717) is 18.0 Å². The number of ether oxygens (including phenoxy) is 2. The molecule has 1 heterocycles. The number of methoxy groups -OCH3 is 1. The molecule has 2 aromatic carbocycles. The summed E-state index contributed by atoms with van der Waals surface area (Å²) >= 11 is 0. The molecular weight excluding hydrogens is 394 g/mol. The second-order valence-electron chi connectivity index (χ2n) is 7.10. The predicted octanol–water partition coefficient (Wildman–Crippen LogP) is 3.23. The Morgan fingerprint density at radius 3 is 2.81 bits per heavy atom. The van der Waals surface area contributed by atoms with Crippen molar-refractivity contribution >= 4 is 12.0 Å². The third-order valence-corrected chi connectivity index (χ3v) is 4.67. The van der Waals surface area contributed by atoms with Crippen molar-refractivity contribution in [3.05, 3.63) is 77.9 Å². The highest BCUT2D eigenvalue weighted by molar-refractivity contribution is 5.91. The molecule has 0 saturated heterocycles. The van der Waals surface area contributed by atoms with E-state index in [4.69, 9.17) is 14.6 Å². The number of aliphatic hydroxyl groups excluding tert-OH is 1. The predicted molar refractivity (Wildman–Crippen MR) is 119 cm³/mol. The molecule has 0 bridgehead atoms. The first-order valence-electron chi connectivity index (χ1n) is 9.95. The van der Waals surface area contributed by atoms with Crippen molar-refractivity contribution in [2.75, 3.05) is 27.4 Å². The van der Waals surface area contributed by atoms with E-state index >= 15 is 0 Å². The number of aryl methyl sites for hydroxylation is 1. The highest BCUT2D eigenvalue weighted by Gasteiger charge is 2.09. The van der Waals surface area contributed by atoms with Crippen LogP contribution in [0.1, 0.15) is 16.8 Å². The molecule has 3 aromatic rings. The summed E-state index contributed by atoms with van der Waals surface area (Å²) in [6, 6.07) is 13.2. The summed E-state index contributed by atoms with van der Waals surface area (Å²) in [5.74, 6) is 1.25. The molecule has 1 aromatic heterocycles. The van der Waals surface area contributed by atoms with E-state index in [9.17, 15) is 4.79 Å². The number of nitrogens with zero attached hydrogens (tertiary/aromatic N) is 3. The zero-order valence-electron chi connectivity index (χ0n) is 18.0. The van der Waals surface area contributed by atoms with Crippen LogP contribution in [0.25, 0.3) is 11.8 Å². The van der Waals surface area contributed by atoms with E-state index in [1.54, 1.807) is 37.5 Å². The van der Waals surface area contributed by atoms with Gasteiger partial charge in [-0.05, 0) is 48.4 Å². The maximum absolute atomic E-state index is 12.6. The number of benzene rings is 2. The number of carbonyl (C=O) groups is 1. The van der Waals surface area contributed by atoms with Gasteiger partial charge in [0.2, 0.25) is 5.91 Å². The fraction of sp³-hybridized carbons (Fsp3) is 0.250. The van der Waals surface area contributed by atoms with Crippen LogP contribution in [0.2, 0.25) is 0 Å². The van der Waals surface area contributed by atoms with Crippen LogP contribution in [0.15, 0.2) is 61.1 Å². The van der Waals surface area contributed by atoms with Gasteiger partial charge in [0.15, 0.2) is 0 Å². The Bertz CT molecular complexity index is 1060. The van der Waals surface area contributed by atoms with Crippen molar-refractivity contribution < 1.29 is 19.4 Å². The smallest absolute Gasteiger partial charge is 0.246 e. The van der Waals surface area contributed by atoms with Crippen LogP contribution in [-0.2, 0) is 11.3 Å². The largest absolute Gasteiger partial charge is 0.495 e. The number of likely N-dealkylation sites (N-methyl/N-ethyl adjacent to an activating group) is 1. The minimum absolute atomic E-state index is 0.0405. The lowest BCUT2D eigenvalue weighted by Crippen LogP contribution is -2.24. The highest BCUT2D eigenvalue weighted by Crippen LogP contribution is 2.25. The molecule has 0 saturated carbocycles. The Balaban J connectivity index is 1.66. The lowest BCUT2D eigenvalue weighted by atomic mass is 10.1. The van der Waals surface area contributed by atoms with Crippen LogP contribution in [-0.4, -0.2) is 52.8 Å². The molecule has 0 aliphatic carbocycles. The molecule has 0 radical (unpaired) electrons. The molecule has 7 heteroatoms. The standard InChI is InChI=1S/C24H27N3O4/c1-18-15-27(17-25-18)22-9-7-19(14-23(22)30-3)8-10-24(29)26(2)16-20-5-4-6-21(13-20)31-12-11-28/h4-10,13-15,17,28H,11-12,16H2,1-3H3. The molecule has 0 fully saturated rings. The molecule has 0 aliphatic heterocycles. The van der Waals surface area contributed by atoms with Crippen LogP contribution in [0.4, 0.5) is 0 Å². The topological polar surface area (TPSA) is 76.8 Å². The Morgan fingerprint density at radius 2 is 2.10 bits per heavy atom. The fourth-order valence-electron chi connectivity index (χ4n) is 3.11. The third-order valence-electron chi connectivity index (χ3n) is 4.67. The summed E-state index contributed by atoms with van der Waals surface area (Å²) in [6.45, 7) is 2.58. The molecule has 3 rings (SSSR count). The highest BCUT2D eigenvalue weighted by atomic mass is 16.5. The van der Waals surface area contributed by atoms with Crippen molar-refractivity contribution in [3.8, 4) is 17.2 Å². The third kappa shape index (κ3) is 5.96. The van der Waals surface area contributed by atoms with Crippen LogP contribution < -0.4 is 9.47 Å². The fourth-order valence-corrected chi connectivity index (χ4v) is 3.11. The first-order valence-corrected chi connectivity index (χ1v) is 9.95. The van der Waals surface area contributed by atoms with E-state index in [1.165, 1.54) is 0 Å². The molecule has 0 unspecified atom stereocenters. The van der Waals surface area contributed by atoms with Crippen molar-refractivity contribution in [2.24, 2.45) is 0 Å². The van der Waals surface area contributed by atoms with Crippen molar-refractivity contribution in [2.45, 2.75) is 13.5 Å². The van der Waals surface area contributed by atoms with E-state index in [-0.39, 0.29) is 19.1 Å². The summed E-state index contributed by atoms with van der Waals surface area (Å²) in [4.78, 5) is 18.4. The van der Waals surface area contributed by atoms with E-state index < -0.39 is 0 Å². The van der Waals surface area contributed by atoms with Gasteiger partial charge < -0.3 is 24.0 Å². The molecule has 31 heavy (non-hydrogen) atoms. The number of hydrogen-bond acceptors (Lipinski definition) is 5. The summed E-state index contributed by atoms with van der Waals surface area (Å²) in [5.41, 5.74) is 3.61. The maximum Gasteiger partial charge on any atom is 0.246 e. The van der Waals surface area contributed by atoms with Gasteiger partial charge in [-0.2, -0.15) is 0 Å². The lowest BCUT2D eigenvalue weighted by molar-refractivity contribution is -0.125. The van der Waals surface area contributed by atoms with Crippen LogP contribution >= 0.6 is 0 Å². The number of rotatable bonds is 9. The van der Waals surface area contributed by atoms with Crippen LogP contribution in [0.3, 0.4) is 0 Å². The van der Waals surface area contributed by atoms with Gasteiger partial charge in [-0.25, -0.2) is 4.98 Å². The Kier molecular flexibility index (Phi) is 7.45. The number of carbonyl (C=O) groups excluding carboxylic acids is 1. The molecule has 1 N–H and O–H groups in total. The second-order valence-corrected chi connectivity index (χ2v) is 7.10. The molecule has 162 valence electrons. The summed E-state index contributed by atoms with van der Waals surface area (Å²) in [7, 11) is 3.37. The zero-order valence-corrected chi connectivity index (χ0v) is 18.0. The van der Waals surface area contributed by atoms with Crippen molar-refractivity contribution in [1.29, 1.82) is 0 Å². The van der Waals surface area contributed by atoms with Gasteiger partial charge >= 0.3 is 0 Å². The SMILES string of the molecule is COc1cc(C=CC(=O)N(C)Cc2cccc(OCCO)c2)ccc1-n1cnc(C)c1. The molecule has 0 atom stereocenters. The normalized spacial score (nSPS) is 11.0.